The Morgan fingerprint density at radius 1 is 1.10 bits per heavy atom. The van der Waals surface area contributed by atoms with Crippen molar-refractivity contribution in [1.29, 1.82) is 0 Å². The smallest absolute Gasteiger partial charge is 0.0354 e. The van der Waals surface area contributed by atoms with Crippen LogP contribution in [-0.2, 0) is 6.42 Å². The van der Waals surface area contributed by atoms with Gasteiger partial charge in [-0.25, -0.2) is 0 Å². The molecule has 1 atom stereocenters. The fourth-order valence-corrected chi connectivity index (χ4v) is 3.44. The van der Waals surface area contributed by atoms with Gasteiger partial charge in [0.15, 0.2) is 0 Å². The lowest BCUT2D eigenvalue weighted by molar-refractivity contribution is 0.0888. The summed E-state index contributed by atoms with van der Waals surface area (Å²) in [5.74, 6) is 0. The third-order valence-electron chi connectivity index (χ3n) is 4.90. The Hall–Kier alpha value is -0.860. The van der Waals surface area contributed by atoms with Crippen molar-refractivity contribution < 1.29 is 0 Å². The molecule has 0 aliphatic rings. The first kappa shape index (κ1) is 17.2. The fraction of sp³-hybridized carbons (Fsp3) is 0.667. The highest BCUT2D eigenvalue weighted by atomic mass is 15.2. The first-order chi connectivity index (χ1) is 9.51. The van der Waals surface area contributed by atoms with Gasteiger partial charge in [0.2, 0.25) is 0 Å². The van der Waals surface area contributed by atoms with Gasteiger partial charge < -0.3 is 10.2 Å². The van der Waals surface area contributed by atoms with E-state index in [2.05, 4.69) is 76.3 Å². The van der Waals surface area contributed by atoms with Gasteiger partial charge in [-0.2, -0.15) is 0 Å². The predicted octanol–water partition coefficient (Wildman–Crippen LogP) is 3.64. The van der Waals surface area contributed by atoms with Crippen LogP contribution in [0.5, 0.6) is 0 Å². The molecule has 0 aliphatic carbocycles. The van der Waals surface area contributed by atoms with Crippen LogP contribution in [0.4, 0.5) is 0 Å². The normalized spacial score (nSPS) is 13.8. The number of nitrogens with one attached hydrogen (secondary N) is 1. The van der Waals surface area contributed by atoms with E-state index in [1.807, 2.05) is 0 Å². The van der Waals surface area contributed by atoms with Crippen LogP contribution in [0.1, 0.15) is 44.7 Å². The number of rotatable bonds is 8. The van der Waals surface area contributed by atoms with Crippen molar-refractivity contribution in [3.63, 3.8) is 0 Å². The number of nitrogens with zero attached hydrogens (tertiary/aromatic N) is 1. The van der Waals surface area contributed by atoms with E-state index in [-0.39, 0.29) is 5.54 Å². The number of benzene rings is 1. The van der Waals surface area contributed by atoms with E-state index in [1.165, 1.54) is 24.0 Å². The average Bonchev–Trinajstić information content (AvgIpc) is 2.43. The van der Waals surface area contributed by atoms with E-state index < -0.39 is 0 Å². The molecule has 20 heavy (non-hydrogen) atoms. The molecule has 0 radical (unpaired) electrons. The molecule has 2 heteroatoms. The van der Waals surface area contributed by atoms with Gasteiger partial charge >= 0.3 is 0 Å². The number of hydrogen-bond donors (Lipinski definition) is 1. The maximum atomic E-state index is 3.74. The Morgan fingerprint density at radius 2 is 1.70 bits per heavy atom. The van der Waals surface area contributed by atoms with Crippen LogP contribution >= 0.6 is 0 Å². The Balaban J connectivity index is 3.06. The molecule has 1 rings (SSSR count). The van der Waals surface area contributed by atoms with Gasteiger partial charge in [-0.05, 0) is 58.0 Å². The Morgan fingerprint density at radius 3 is 2.15 bits per heavy atom. The van der Waals surface area contributed by atoms with Crippen molar-refractivity contribution >= 4 is 0 Å². The molecule has 1 aromatic carbocycles. The molecular formula is C18H32N2. The summed E-state index contributed by atoms with van der Waals surface area (Å²) in [6, 6.07) is 9.25. The molecule has 0 saturated heterocycles. The first-order valence-corrected chi connectivity index (χ1v) is 7.97. The lowest BCUT2D eigenvalue weighted by Crippen LogP contribution is -2.59. The SMILES string of the molecule is CCNC(Cc1ccccc1C)C(CC)(CC)N(C)C. The topological polar surface area (TPSA) is 15.3 Å². The summed E-state index contributed by atoms with van der Waals surface area (Å²) >= 11 is 0. The summed E-state index contributed by atoms with van der Waals surface area (Å²) in [4.78, 5) is 2.42. The summed E-state index contributed by atoms with van der Waals surface area (Å²) in [7, 11) is 4.43. The summed E-state index contributed by atoms with van der Waals surface area (Å²) in [6.07, 6.45) is 3.43. The zero-order valence-corrected chi connectivity index (χ0v) is 14.2. The monoisotopic (exact) mass is 276 g/mol. The van der Waals surface area contributed by atoms with E-state index in [0.29, 0.717) is 6.04 Å². The van der Waals surface area contributed by atoms with E-state index in [1.54, 1.807) is 0 Å². The van der Waals surface area contributed by atoms with Crippen LogP contribution in [-0.4, -0.2) is 37.1 Å². The number of hydrogen-bond acceptors (Lipinski definition) is 2. The summed E-state index contributed by atoms with van der Waals surface area (Å²) in [5.41, 5.74) is 3.08. The van der Waals surface area contributed by atoms with Gasteiger partial charge in [0.05, 0.1) is 0 Å². The van der Waals surface area contributed by atoms with Crippen LogP contribution in [0.15, 0.2) is 24.3 Å². The molecule has 1 aromatic rings. The van der Waals surface area contributed by atoms with Gasteiger partial charge in [-0.15, -0.1) is 0 Å². The van der Waals surface area contributed by atoms with Gasteiger partial charge in [0.25, 0.3) is 0 Å². The van der Waals surface area contributed by atoms with E-state index in [0.717, 1.165) is 13.0 Å². The standard InChI is InChI=1S/C18H32N2/c1-7-18(8-2,20(5)6)17(19-9-3)14-16-13-11-10-12-15(16)4/h10-13,17,19H,7-9,14H2,1-6H3. The zero-order chi connectivity index (χ0) is 15.2. The Kier molecular flexibility index (Phi) is 6.70. The van der Waals surface area contributed by atoms with Crippen molar-refractivity contribution in [3.8, 4) is 0 Å². The molecule has 0 aliphatic heterocycles. The first-order valence-electron chi connectivity index (χ1n) is 7.97. The molecule has 1 N–H and O–H groups in total. The second kappa shape index (κ2) is 7.80. The zero-order valence-electron chi connectivity index (χ0n) is 14.2. The fourth-order valence-electron chi connectivity index (χ4n) is 3.44. The van der Waals surface area contributed by atoms with Gasteiger partial charge in [0, 0.05) is 11.6 Å². The summed E-state index contributed by atoms with van der Waals surface area (Å²) in [5, 5.41) is 3.74. The lowest BCUT2D eigenvalue weighted by Gasteiger charge is -2.46. The minimum Gasteiger partial charge on any atom is -0.312 e. The average molecular weight is 276 g/mol. The molecule has 0 saturated carbocycles. The van der Waals surface area contributed by atoms with Crippen molar-refractivity contribution in [2.24, 2.45) is 0 Å². The number of aryl methyl sites for hydroxylation is 1. The van der Waals surface area contributed by atoms with Gasteiger partial charge in [-0.3, -0.25) is 0 Å². The molecule has 0 amide bonds. The highest BCUT2D eigenvalue weighted by molar-refractivity contribution is 5.27. The highest BCUT2D eigenvalue weighted by Crippen LogP contribution is 2.28. The van der Waals surface area contributed by atoms with Crippen LogP contribution in [0, 0.1) is 6.92 Å². The van der Waals surface area contributed by atoms with E-state index >= 15 is 0 Å². The van der Waals surface area contributed by atoms with Crippen LogP contribution in [0.25, 0.3) is 0 Å². The molecule has 1 unspecified atom stereocenters. The quantitative estimate of drug-likeness (QED) is 0.780. The molecule has 0 fully saturated rings. The van der Waals surface area contributed by atoms with Gasteiger partial charge in [0.1, 0.15) is 0 Å². The van der Waals surface area contributed by atoms with Crippen molar-refractivity contribution in [3.05, 3.63) is 35.4 Å². The van der Waals surface area contributed by atoms with Crippen molar-refractivity contribution in [2.75, 3.05) is 20.6 Å². The Labute approximate surface area is 125 Å². The third kappa shape index (κ3) is 3.62. The predicted molar refractivity (Wildman–Crippen MR) is 89.3 cm³/mol. The summed E-state index contributed by atoms with van der Waals surface area (Å²) < 4.78 is 0. The lowest BCUT2D eigenvalue weighted by atomic mass is 9.79. The summed E-state index contributed by atoms with van der Waals surface area (Å²) in [6.45, 7) is 10.1. The molecular weight excluding hydrogens is 244 g/mol. The maximum Gasteiger partial charge on any atom is 0.0354 e. The molecule has 0 spiro atoms. The van der Waals surface area contributed by atoms with E-state index in [4.69, 9.17) is 0 Å². The van der Waals surface area contributed by atoms with Crippen LogP contribution in [0.2, 0.25) is 0 Å². The third-order valence-corrected chi connectivity index (χ3v) is 4.90. The molecule has 2 nitrogen and oxygen atoms in total. The van der Waals surface area contributed by atoms with Crippen LogP contribution in [0.3, 0.4) is 0 Å². The molecule has 114 valence electrons. The van der Waals surface area contributed by atoms with Crippen molar-refractivity contribution in [2.45, 2.75) is 58.5 Å². The molecule has 0 bridgehead atoms. The van der Waals surface area contributed by atoms with Crippen LogP contribution < -0.4 is 5.32 Å². The minimum absolute atomic E-state index is 0.221. The molecule has 0 heterocycles. The van der Waals surface area contributed by atoms with Gasteiger partial charge in [-0.1, -0.05) is 45.0 Å². The number of likely N-dealkylation sites (N-methyl/N-ethyl adjacent to an activating group) is 2. The van der Waals surface area contributed by atoms with Crippen molar-refractivity contribution in [1.82, 2.24) is 10.2 Å². The largest absolute Gasteiger partial charge is 0.312 e. The second-order valence-electron chi connectivity index (χ2n) is 5.95. The maximum absolute atomic E-state index is 3.74. The Bertz CT molecular complexity index is 394. The minimum atomic E-state index is 0.221. The highest BCUT2D eigenvalue weighted by Gasteiger charge is 2.37. The van der Waals surface area contributed by atoms with E-state index in [9.17, 15) is 0 Å². The second-order valence-corrected chi connectivity index (χ2v) is 5.95. The molecule has 0 aromatic heterocycles.